The minimum atomic E-state index is -0.701. The third-order valence-electron chi connectivity index (χ3n) is 4.95. The summed E-state index contributed by atoms with van der Waals surface area (Å²) in [4.78, 5) is 4.45. The van der Waals surface area contributed by atoms with Gasteiger partial charge in [0, 0.05) is 25.2 Å². The normalized spacial score (nSPS) is 19.9. The van der Waals surface area contributed by atoms with E-state index in [2.05, 4.69) is 55.2 Å². The minimum Gasteiger partial charge on any atom is -0.390 e. The molecule has 0 bridgehead atoms. The molecule has 0 unspecified atom stereocenters. The Morgan fingerprint density at radius 1 is 1.10 bits per heavy atom. The van der Waals surface area contributed by atoms with E-state index in [4.69, 9.17) is 0 Å². The van der Waals surface area contributed by atoms with Crippen molar-refractivity contribution in [3.63, 3.8) is 0 Å². The topological polar surface area (TPSA) is 26.7 Å². The summed E-state index contributed by atoms with van der Waals surface area (Å²) in [7, 11) is 6.26. The summed E-state index contributed by atoms with van der Waals surface area (Å²) in [6, 6.07) is 8.69. The summed E-state index contributed by atoms with van der Waals surface area (Å²) in [5.41, 5.74) is 1.63. The highest BCUT2D eigenvalue weighted by Gasteiger charge is 2.46. The van der Waals surface area contributed by atoms with Crippen molar-refractivity contribution in [2.75, 3.05) is 39.1 Å². The smallest absolute Gasteiger partial charge is 0.0688 e. The molecule has 112 valence electrons. The highest BCUT2D eigenvalue weighted by atomic mass is 16.3. The molecule has 0 amide bonds. The molecule has 0 aliphatic carbocycles. The first-order valence-electron chi connectivity index (χ1n) is 7.45. The maximum atomic E-state index is 10.8. The van der Waals surface area contributed by atoms with Crippen LogP contribution in [0.3, 0.4) is 0 Å². The van der Waals surface area contributed by atoms with Crippen molar-refractivity contribution in [3.05, 3.63) is 29.8 Å². The molecule has 0 radical (unpaired) electrons. The number of hydrogen-bond donors (Lipinski definition) is 1. The lowest BCUT2D eigenvalue weighted by Gasteiger charge is -2.48. The van der Waals surface area contributed by atoms with E-state index < -0.39 is 5.60 Å². The third-order valence-corrected chi connectivity index (χ3v) is 4.95. The van der Waals surface area contributed by atoms with Gasteiger partial charge < -0.3 is 14.9 Å². The molecule has 1 aliphatic heterocycles. The molecule has 3 nitrogen and oxygen atoms in total. The van der Waals surface area contributed by atoms with Crippen LogP contribution >= 0.6 is 0 Å². The zero-order valence-electron chi connectivity index (χ0n) is 13.5. The van der Waals surface area contributed by atoms with Gasteiger partial charge in [-0.1, -0.05) is 12.1 Å². The molecule has 1 fully saturated rings. The maximum absolute atomic E-state index is 10.8. The quantitative estimate of drug-likeness (QED) is 0.919. The van der Waals surface area contributed by atoms with Gasteiger partial charge >= 0.3 is 0 Å². The molecule has 1 aromatic rings. The highest BCUT2D eigenvalue weighted by Crippen LogP contribution is 2.44. The van der Waals surface area contributed by atoms with E-state index in [9.17, 15) is 5.11 Å². The molecule has 20 heavy (non-hydrogen) atoms. The fraction of sp³-hybridized carbons (Fsp3) is 0.647. The van der Waals surface area contributed by atoms with Crippen molar-refractivity contribution in [2.24, 2.45) is 0 Å². The number of aliphatic hydroxyl groups is 1. The lowest BCUT2D eigenvalue weighted by molar-refractivity contribution is -0.0361. The maximum Gasteiger partial charge on any atom is 0.0688 e. The summed E-state index contributed by atoms with van der Waals surface area (Å²) >= 11 is 0. The van der Waals surface area contributed by atoms with Crippen molar-refractivity contribution < 1.29 is 5.11 Å². The summed E-state index contributed by atoms with van der Waals surface area (Å²) in [6.07, 6.45) is 2.02. The Kier molecular flexibility index (Phi) is 4.12. The van der Waals surface area contributed by atoms with Crippen molar-refractivity contribution in [2.45, 2.75) is 37.7 Å². The number of nitrogens with zero attached hydrogens (tertiary/aromatic N) is 2. The van der Waals surface area contributed by atoms with E-state index in [-0.39, 0.29) is 5.41 Å². The lowest BCUT2D eigenvalue weighted by atomic mass is 9.63. The van der Waals surface area contributed by atoms with E-state index in [1.54, 1.807) is 0 Å². The minimum absolute atomic E-state index is 0.135. The molecule has 1 saturated heterocycles. The summed E-state index contributed by atoms with van der Waals surface area (Å²) in [6.45, 7) is 6.00. The van der Waals surface area contributed by atoms with E-state index in [0.29, 0.717) is 0 Å². The summed E-state index contributed by atoms with van der Waals surface area (Å²) < 4.78 is 0. The molecule has 3 heteroatoms. The van der Waals surface area contributed by atoms with Gasteiger partial charge in [0.1, 0.15) is 0 Å². The van der Waals surface area contributed by atoms with Crippen molar-refractivity contribution >= 4 is 5.69 Å². The van der Waals surface area contributed by atoms with E-state index in [0.717, 1.165) is 25.9 Å². The second-order valence-corrected chi connectivity index (χ2v) is 6.89. The Balaban J connectivity index is 2.37. The van der Waals surface area contributed by atoms with Gasteiger partial charge in [-0.3, -0.25) is 0 Å². The molecule has 1 heterocycles. The molecule has 1 aromatic carbocycles. The van der Waals surface area contributed by atoms with Crippen LogP contribution in [0.25, 0.3) is 0 Å². The number of benzene rings is 1. The summed E-state index contributed by atoms with van der Waals surface area (Å²) in [5, 5.41) is 10.8. The van der Waals surface area contributed by atoms with Crippen LogP contribution < -0.4 is 4.90 Å². The second kappa shape index (κ2) is 5.38. The van der Waals surface area contributed by atoms with Gasteiger partial charge in [-0.2, -0.15) is 0 Å². The number of likely N-dealkylation sites (tertiary alicyclic amines) is 1. The van der Waals surface area contributed by atoms with E-state index >= 15 is 0 Å². The van der Waals surface area contributed by atoms with Crippen molar-refractivity contribution in [3.8, 4) is 0 Å². The zero-order valence-corrected chi connectivity index (χ0v) is 13.5. The second-order valence-electron chi connectivity index (χ2n) is 6.89. The molecule has 2 rings (SSSR count). The Labute approximate surface area is 123 Å². The van der Waals surface area contributed by atoms with Gasteiger partial charge in [-0.05, 0) is 64.5 Å². The van der Waals surface area contributed by atoms with Crippen LogP contribution in [-0.2, 0) is 5.41 Å². The molecule has 0 saturated carbocycles. The Morgan fingerprint density at radius 3 is 2.00 bits per heavy atom. The number of piperidine rings is 1. The molecule has 0 spiro atoms. The molecular formula is C17H28N2O. The van der Waals surface area contributed by atoms with Crippen LogP contribution in [0.1, 0.15) is 32.3 Å². The largest absolute Gasteiger partial charge is 0.390 e. The summed E-state index contributed by atoms with van der Waals surface area (Å²) in [5.74, 6) is 0. The van der Waals surface area contributed by atoms with Gasteiger partial charge in [0.15, 0.2) is 0 Å². The van der Waals surface area contributed by atoms with Gasteiger partial charge in [-0.25, -0.2) is 0 Å². The van der Waals surface area contributed by atoms with Gasteiger partial charge in [-0.15, -0.1) is 0 Å². The van der Waals surface area contributed by atoms with Crippen LogP contribution in [0.15, 0.2) is 24.3 Å². The predicted molar refractivity (Wildman–Crippen MR) is 85.5 cm³/mol. The van der Waals surface area contributed by atoms with Crippen LogP contribution in [0.5, 0.6) is 0 Å². The predicted octanol–water partition coefficient (Wildman–Crippen LogP) is 2.49. The zero-order chi connectivity index (χ0) is 15.0. The van der Waals surface area contributed by atoms with Gasteiger partial charge in [0.05, 0.1) is 5.60 Å². The molecular weight excluding hydrogens is 248 g/mol. The standard InChI is InChI=1S/C17H28N2O/c1-16(2,20)17(10-12-19(5)13-11-17)14-6-8-15(9-7-14)18(3)4/h6-9,20H,10-13H2,1-5H3. The first-order chi connectivity index (χ1) is 9.26. The average molecular weight is 276 g/mol. The van der Waals surface area contributed by atoms with Gasteiger partial charge in [0.2, 0.25) is 0 Å². The lowest BCUT2D eigenvalue weighted by Crippen LogP contribution is -2.53. The Hall–Kier alpha value is -1.06. The first kappa shape index (κ1) is 15.3. The SMILES string of the molecule is CN1CCC(c2ccc(N(C)C)cc2)(C(C)(C)O)CC1. The molecule has 0 atom stereocenters. The fourth-order valence-electron chi connectivity index (χ4n) is 3.33. The monoisotopic (exact) mass is 276 g/mol. The Bertz CT molecular complexity index is 437. The van der Waals surface area contributed by atoms with E-state index in [1.807, 2.05) is 13.8 Å². The number of hydrogen-bond acceptors (Lipinski definition) is 3. The van der Waals surface area contributed by atoms with Crippen LogP contribution in [0, 0.1) is 0 Å². The first-order valence-corrected chi connectivity index (χ1v) is 7.45. The molecule has 1 N–H and O–H groups in total. The van der Waals surface area contributed by atoms with E-state index in [1.165, 1.54) is 11.3 Å². The third kappa shape index (κ3) is 2.70. The fourth-order valence-corrected chi connectivity index (χ4v) is 3.33. The van der Waals surface area contributed by atoms with Crippen LogP contribution in [0.2, 0.25) is 0 Å². The van der Waals surface area contributed by atoms with Crippen LogP contribution in [-0.4, -0.2) is 49.8 Å². The van der Waals surface area contributed by atoms with Gasteiger partial charge in [0.25, 0.3) is 0 Å². The highest BCUT2D eigenvalue weighted by molar-refractivity contribution is 5.48. The van der Waals surface area contributed by atoms with Crippen LogP contribution in [0.4, 0.5) is 5.69 Å². The van der Waals surface area contributed by atoms with Crippen molar-refractivity contribution in [1.29, 1.82) is 0 Å². The molecule has 1 aliphatic rings. The number of anilines is 1. The van der Waals surface area contributed by atoms with Crippen molar-refractivity contribution in [1.82, 2.24) is 4.90 Å². The average Bonchev–Trinajstić information content (AvgIpc) is 2.38. The Morgan fingerprint density at radius 2 is 1.60 bits per heavy atom. The number of rotatable bonds is 3. The molecule has 0 aromatic heterocycles.